The number of anilines is 1. The van der Waals surface area contributed by atoms with Crippen molar-refractivity contribution in [2.75, 3.05) is 5.32 Å². The molecule has 0 atom stereocenters. The number of hydrogen-bond acceptors (Lipinski definition) is 4. The molecule has 4 rings (SSSR count). The fourth-order valence-electron chi connectivity index (χ4n) is 3.13. The average Bonchev–Trinajstić information content (AvgIpc) is 2.74. The Morgan fingerprint density at radius 3 is 2.52 bits per heavy atom. The van der Waals surface area contributed by atoms with Gasteiger partial charge in [0.25, 0.3) is 11.5 Å². The standard InChI is InChI=1S/C22H16FN3O3/c23-16-10-4-5-11-17(16)25-21(28)18-19(27)15-9-6-12-24-20(15)26(22(18)29)13-14-7-2-1-3-8-14/h1-12,27H,13H2,(H,25,28). The summed E-state index contributed by atoms with van der Waals surface area (Å²) in [4.78, 5) is 30.1. The lowest BCUT2D eigenvalue weighted by atomic mass is 10.1. The number of carbonyl (C=O) groups excluding carboxylic acids is 1. The van der Waals surface area contributed by atoms with Crippen LogP contribution in [0.1, 0.15) is 15.9 Å². The molecule has 0 aliphatic carbocycles. The molecule has 7 heteroatoms. The molecule has 6 nitrogen and oxygen atoms in total. The summed E-state index contributed by atoms with van der Waals surface area (Å²) in [7, 11) is 0. The summed E-state index contributed by atoms with van der Waals surface area (Å²) in [6, 6.07) is 18.0. The number of fused-ring (bicyclic) bond motifs is 1. The van der Waals surface area contributed by atoms with E-state index in [0.717, 1.165) is 5.56 Å². The van der Waals surface area contributed by atoms with E-state index in [1.165, 1.54) is 29.0 Å². The van der Waals surface area contributed by atoms with E-state index in [1.54, 1.807) is 18.2 Å². The summed E-state index contributed by atoms with van der Waals surface area (Å²) in [6.07, 6.45) is 1.50. The zero-order chi connectivity index (χ0) is 20.4. The van der Waals surface area contributed by atoms with Crippen molar-refractivity contribution >= 4 is 22.6 Å². The highest BCUT2D eigenvalue weighted by Gasteiger charge is 2.23. The van der Waals surface area contributed by atoms with Crippen LogP contribution in [-0.2, 0) is 6.54 Å². The van der Waals surface area contributed by atoms with E-state index in [2.05, 4.69) is 10.3 Å². The number of para-hydroxylation sites is 1. The van der Waals surface area contributed by atoms with Gasteiger partial charge in [0.2, 0.25) is 0 Å². The van der Waals surface area contributed by atoms with Crippen molar-refractivity contribution in [2.24, 2.45) is 0 Å². The topological polar surface area (TPSA) is 84.2 Å². The number of rotatable bonds is 4. The second kappa shape index (κ2) is 7.55. The number of aromatic hydroxyl groups is 1. The highest BCUT2D eigenvalue weighted by molar-refractivity contribution is 6.08. The molecule has 0 spiro atoms. The van der Waals surface area contributed by atoms with E-state index in [-0.39, 0.29) is 23.3 Å². The molecule has 144 valence electrons. The van der Waals surface area contributed by atoms with Crippen LogP contribution >= 0.6 is 0 Å². The Morgan fingerprint density at radius 2 is 1.76 bits per heavy atom. The Labute approximate surface area is 164 Å². The lowest BCUT2D eigenvalue weighted by Crippen LogP contribution is -2.30. The predicted molar refractivity (Wildman–Crippen MR) is 108 cm³/mol. The first-order chi connectivity index (χ1) is 14.1. The Hall–Kier alpha value is -4.00. The fourth-order valence-corrected chi connectivity index (χ4v) is 3.13. The number of aromatic nitrogens is 2. The summed E-state index contributed by atoms with van der Waals surface area (Å²) in [5.41, 5.74) is -0.192. The predicted octanol–water partition coefficient (Wildman–Crippen LogP) is 3.54. The van der Waals surface area contributed by atoms with Gasteiger partial charge in [-0.15, -0.1) is 0 Å². The molecule has 2 aromatic carbocycles. The second-order valence-electron chi connectivity index (χ2n) is 6.41. The Kier molecular flexibility index (Phi) is 4.78. The smallest absolute Gasteiger partial charge is 0.269 e. The van der Waals surface area contributed by atoms with Gasteiger partial charge in [0.05, 0.1) is 17.6 Å². The molecule has 29 heavy (non-hydrogen) atoms. The third kappa shape index (κ3) is 3.45. The van der Waals surface area contributed by atoms with Crippen molar-refractivity contribution in [3.63, 3.8) is 0 Å². The van der Waals surface area contributed by atoms with Gasteiger partial charge in [-0.05, 0) is 29.8 Å². The van der Waals surface area contributed by atoms with Crippen molar-refractivity contribution in [2.45, 2.75) is 6.54 Å². The van der Waals surface area contributed by atoms with E-state index in [9.17, 15) is 19.1 Å². The van der Waals surface area contributed by atoms with Crippen LogP contribution < -0.4 is 10.9 Å². The SMILES string of the molecule is O=C(Nc1ccccc1F)c1c(O)c2cccnc2n(Cc2ccccc2)c1=O. The Bertz CT molecular complexity index is 1270. The van der Waals surface area contributed by atoms with Gasteiger partial charge < -0.3 is 10.4 Å². The summed E-state index contributed by atoms with van der Waals surface area (Å²) in [6.45, 7) is 0.160. The van der Waals surface area contributed by atoms with Crippen molar-refractivity contribution in [3.05, 3.63) is 100 Å². The number of amides is 1. The molecule has 0 radical (unpaired) electrons. The number of nitrogens with one attached hydrogen (secondary N) is 1. The zero-order valence-electron chi connectivity index (χ0n) is 15.2. The van der Waals surface area contributed by atoms with Gasteiger partial charge in [-0.2, -0.15) is 0 Å². The van der Waals surface area contributed by atoms with Gasteiger partial charge >= 0.3 is 0 Å². The molecule has 1 amide bonds. The van der Waals surface area contributed by atoms with Crippen molar-refractivity contribution < 1.29 is 14.3 Å². The summed E-state index contributed by atoms with van der Waals surface area (Å²) < 4.78 is 15.2. The first kappa shape index (κ1) is 18.4. The van der Waals surface area contributed by atoms with Gasteiger partial charge in [-0.1, -0.05) is 42.5 Å². The molecule has 0 aliphatic rings. The maximum Gasteiger partial charge on any atom is 0.269 e. The number of pyridine rings is 2. The second-order valence-corrected chi connectivity index (χ2v) is 6.41. The minimum absolute atomic E-state index is 0.0859. The lowest BCUT2D eigenvalue weighted by Gasteiger charge is -2.14. The van der Waals surface area contributed by atoms with E-state index in [1.807, 2.05) is 30.3 Å². The van der Waals surface area contributed by atoms with Gasteiger partial charge in [0, 0.05) is 6.20 Å². The molecule has 4 aromatic rings. The molecular formula is C22H16FN3O3. The summed E-state index contributed by atoms with van der Waals surface area (Å²) >= 11 is 0. The molecule has 2 aromatic heterocycles. The Balaban J connectivity index is 1.87. The van der Waals surface area contributed by atoms with Crippen LogP contribution in [0.25, 0.3) is 11.0 Å². The van der Waals surface area contributed by atoms with E-state index >= 15 is 0 Å². The monoisotopic (exact) mass is 389 g/mol. The van der Waals surface area contributed by atoms with Crippen LogP contribution in [-0.4, -0.2) is 20.6 Å². The van der Waals surface area contributed by atoms with Crippen LogP contribution in [0.4, 0.5) is 10.1 Å². The van der Waals surface area contributed by atoms with Crippen LogP contribution in [0, 0.1) is 5.82 Å². The van der Waals surface area contributed by atoms with Gasteiger partial charge in [-0.3, -0.25) is 14.2 Å². The normalized spacial score (nSPS) is 10.8. The highest BCUT2D eigenvalue weighted by atomic mass is 19.1. The molecule has 0 unspecified atom stereocenters. The van der Waals surface area contributed by atoms with E-state index in [4.69, 9.17) is 0 Å². The third-order valence-electron chi connectivity index (χ3n) is 4.53. The molecule has 0 fully saturated rings. The molecule has 0 aliphatic heterocycles. The molecule has 2 N–H and O–H groups in total. The fraction of sp³-hybridized carbons (Fsp3) is 0.0455. The highest BCUT2D eigenvalue weighted by Crippen LogP contribution is 2.26. The van der Waals surface area contributed by atoms with Gasteiger partial charge in [-0.25, -0.2) is 9.37 Å². The molecule has 0 saturated heterocycles. The Morgan fingerprint density at radius 1 is 1.03 bits per heavy atom. The van der Waals surface area contributed by atoms with E-state index < -0.39 is 28.6 Å². The largest absolute Gasteiger partial charge is 0.506 e. The molecule has 2 heterocycles. The number of halogens is 1. The quantitative estimate of drug-likeness (QED) is 0.559. The van der Waals surface area contributed by atoms with Crippen LogP contribution in [0.15, 0.2) is 77.7 Å². The van der Waals surface area contributed by atoms with Crippen LogP contribution in [0.3, 0.4) is 0 Å². The lowest BCUT2D eigenvalue weighted by molar-refractivity contribution is 0.102. The molecule has 0 bridgehead atoms. The maximum absolute atomic E-state index is 13.9. The maximum atomic E-state index is 13.9. The number of benzene rings is 2. The molecule has 0 saturated carbocycles. The number of carbonyl (C=O) groups is 1. The summed E-state index contributed by atoms with van der Waals surface area (Å²) in [5, 5.41) is 13.2. The van der Waals surface area contributed by atoms with Crippen molar-refractivity contribution in [3.8, 4) is 5.75 Å². The average molecular weight is 389 g/mol. The van der Waals surface area contributed by atoms with Crippen LogP contribution in [0.2, 0.25) is 0 Å². The number of nitrogens with zero attached hydrogens (tertiary/aromatic N) is 2. The zero-order valence-corrected chi connectivity index (χ0v) is 15.2. The summed E-state index contributed by atoms with van der Waals surface area (Å²) in [5.74, 6) is -2.03. The first-order valence-electron chi connectivity index (χ1n) is 8.86. The van der Waals surface area contributed by atoms with Gasteiger partial charge in [0.1, 0.15) is 22.8 Å². The third-order valence-corrected chi connectivity index (χ3v) is 4.53. The van der Waals surface area contributed by atoms with Crippen molar-refractivity contribution in [1.82, 2.24) is 9.55 Å². The van der Waals surface area contributed by atoms with Gasteiger partial charge in [0.15, 0.2) is 0 Å². The van der Waals surface area contributed by atoms with Crippen molar-refractivity contribution in [1.29, 1.82) is 0 Å². The molecular weight excluding hydrogens is 373 g/mol. The minimum Gasteiger partial charge on any atom is -0.506 e. The number of hydrogen-bond donors (Lipinski definition) is 2. The minimum atomic E-state index is -0.898. The van der Waals surface area contributed by atoms with Crippen LogP contribution in [0.5, 0.6) is 5.75 Å². The van der Waals surface area contributed by atoms with E-state index in [0.29, 0.717) is 0 Å². The first-order valence-corrected chi connectivity index (χ1v) is 8.86.